The molecular weight excluding hydrogens is 572 g/mol. The largest absolute Gasteiger partial charge is 0.508 e. The number of nitrogens with one attached hydrogen (secondary N) is 1. The lowest BCUT2D eigenvalue weighted by atomic mass is 9.86. The van der Waals surface area contributed by atoms with Crippen molar-refractivity contribution >= 4 is 17.6 Å². The van der Waals surface area contributed by atoms with Crippen molar-refractivity contribution in [1.82, 2.24) is 4.90 Å². The van der Waals surface area contributed by atoms with Gasteiger partial charge < -0.3 is 35.0 Å². The summed E-state index contributed by atoms with van der Waals surface area (Å²) in [4.78, 5) is 27.5. The third kappa shape index (κ3) is 10.2. The second kappa shape index (κ2) is 17.0. The molecule has 0 radical (unpaired) electrons. The highest BCUT2D eigenvalue weighted by Crippen LogP contribution is 2.40. The van der Waals surface area contributed by atoms with E-state index >= 15 is 0 Å². The van der Waals surface area contributed by atoms with E-state index < -0.39 is 30.2 Å². The summed E-state index contributed by atoms with van der Waals surface area (Å²) in [5.41, 5.74) is 2.64. The molecule has 0 saturated carbocycles. The number of ether oxygens (including phenoxy) is 2. The number of aliphatic hydroxyl groups excluding tert-OH is 1. The molecule has 1 aromatic carbocycles. The second-order valence-electron chi connectivity index (χ2n) is 13.1. The van der Waals surface area contributed by atoms with Crippen molar-refractivity contribution in [2.24, 2.45) is 17.8 Å². The number of aromatic hydroxyl groups is 2. The Kier molecular flexibility index (Phi) is 13.7. The maximum Gasteiger partial charge on any atom is 0.303 e. The summed E-state index contributed by atoms with van der Waals surface area (Å²) in [6.45, 7) is 13.9. The Bertz CT molecular complexity index is 1260. The normalized spacial score (nSPS) is 30.5. The molecule has 45 heavy (non-hydrogen) atoms. The fourth-order valence-corrected chi connectivity index (χ4v) is 6.55. The number of aliphatic hydroxyl groups is 1. The molecule has 1 amide bonds. The molecule has 4 N–H and O–H groups in total. The van der Waals surface area contributed by atoms with Crippen molar-refractivity contribution in [3.63, 3.8) is 0 Å². The average Bonchev–Trinajstić information content (AvgIpc) is 3.50. The lowest BCUT2D eigenvalue weighted by Gasteiger charge is -2.29. The van der Waals surface area contributed by atoms with E-state index in [9.17, 15) is 24.9 Å². The minimum Gasteiger partial charge on any atom is -0.508 e. The molecule has 2 aliphatic rings. The van der Waals surface area contributed by atoms with Gasteiger partial charge in [-0.15, -0.1) is 0 Å². The van der Waals surface area contributed by atoms with Crippen LogP contribution in [0.4, 0.5) is 5.69 Å². The van der Waals surface area contributed by atoms with Crippen molar-refractivity contribution < 1.29 is 34.4 Å². The summed E-state index contributed by atoms with van der Waals surface area (Å²) in [6, 6.07) is 1.43. The first-order chi connectivity index (χ1) is 21.3. The Morgan fingerprint density at radius 2 is 1.80 bits per heavy atom. The molecule has 0 spiro atoms. The van der Waals surface area contributed by atoms with Crippen LogP contribution in [0.2, 0.25) is 0 Å². The van der Waals surface area contributed by atoms with Crippen LogP contribution in [0.15, 0.2) is 41.5 Å². The van der Waals surface area contributed by atoms with Crippen molar-refractivity contribution in [3.8, 4) is 11.5 Å². The van der Waals surface area contributed by atoms with E-state index in [0.29, 0.717) is 36.0 Å². The number of benzene rings is 1. The molecule has 0 unspecified atom stereocenters. The highest BCUT2D eigenvalue weighted by molar-refractivity contribution is 6.04. The van der Waals surface area contributed by atoms with Gasteiger partial charge in [-0.2, -0.15) is 0 Å². The van der Waals surface area contributed by atoms with Crippen LogP contribution in [0, 0.1) is 17.8 Å². The number of amides is 1. The van der Waals surface area contributed by atoms with Crippen LogP contribution >= 0.6 is 0 Å². The van der Waals surface area contributed by atoms with Gasteiger partial charge in [0.2, 0.25) is 0 Å². The van der Waals surface area contributed by atoms with Crippen LogP contribution in [-0.4, -0.2) is 77.2 Å². The Balaban J connectivity index is 2.02. The topological polar surface area (TPSA) is 129 Å². The number of phenols is 2. The van der Waals surface area contributed by atoms with Gasteiger partial charge in [0.15, 0.2) is 0 Å². The van der Waals surface area contributed by atoms with E-state index in [1.807, 2.05) is 39.8 Å². The number of likely N-dealkylation sites (tertiary alicyclic amines) is 1. The Morgan fingerprint density at radius 3 is 2.44 bits per heavy atom. The Hall–Kier alpha value is -3.14. The lowest BCUT2D eigenvalue weighted by Crippen LogP contribution is -2.35. The monoisotopic (exact) mass is 626 g/mol. The van der Waals surface area contributed by atoms with Gasteiger partial charge in [-0.3, -0.25) is 9.59 Å². The van der Waals surface area contributed by atoms with Crippen molar-refractivity contribution in [2.75, 3.05) is 32.1 Å². The molecule has 250 valence electrons. The zero-order valence-electron chi connectivity index (χ0n) is 28.1. The van der Waals surface area contributed by atoms with Crippen molar-refractivity contribution in [2.45, 2.75) is 98.4 Å². The molecule has 3 rings (SSSR count). The van der Waals surface area contributed by atoms with Gasteiger partial charge in [-0.05, 0) is 83.5 Å². The summed E-state index contributed by atoms with van der Waals surface area (Å²) < 4.78 is 11.4. The van der Waals surface area contributed by atoms with Gasteiger partial charge >= 0.3 is 5.97 Å². The van der Waals surface area contributed by atoms with E-state index in [-0.39, 0.29) is 34.9 Å². The number of carbonyl (C=O) groups excluding carboxylic acids is 2. The first-order valence-corrected chi connectivity index (χ1v) is 16.3. The van der Waals surface area contributed by atoms with E-state index in [1.54, 1.807) is 26.2 Å². The molecule has 2 bridgehead atoms. The van der Waals surface area contributed by atoms with Crippen LogP contribution in [0.1, 0.15) is 78.4 Å². The van der Waals surface area contributed by atoms with Gasteiger partial charge in [0.05, 0.1) is 17.9 Å². The summed E-state index contributed by atoms with van der Waals surface area (Å²) in [5, 5.41) is 36.8. The smallest absolute Gasteiger partial charge is 0.303 e. The van der Waals surface area contributed by atoms with Crippen molar-refractivity contribution in [1.29, 1.82) is 0 Å². The van der Waals surface area contributed by atoms with Crippen LogP contribution in [0.5, 0.6) is 11.5 Å². The van der Waals surface area contributed by atoms with Gasteiger partial charge in [0.1, 0.15) is 17.6 Å². The molecule has 1 fully saturated rings. The third-order valence-electron chi connectivity index (χ3n) is 9.12. The lowest BCUT2D eigenvalue weighted by molar-refractivity contribution is -0.146. The minimum atomic E-state index is -0.837. The molecule has 6 atom stereocenters. The van der Waals surface area contributed by atoms with E-state index in [2.05, 4.69) is 10.2 Å². The number of hydrogen-bond acceptors (Lipinski definition) is 8. The predicted octanol–water partition coefficient (Wildman–Crippen LogP) is 5.68. The summed E-state index contributed by atoms with van der Waals surface area (Å²) in [6.07, 6.45) is 10.0. The zero-order valence-corrected chi connectivity index (χ0v) is 28.1. The highest BCUT2D eigenvalue weighted by Gasteiger charge is 2.29. The van der Waals surface area contributed by atoms with E-state index in [0.717, 1.165) is 31.6 Å². The van der Waals surface area contributed by atoms with Crippen LogP contribution in [-0.2, 0) is 31.9 Å². The number of fused-ring (bicyclic) bond motifs is 2. The Labute approximate surface area is 269 Å². The molecular formula is C36H54N2O7. The Morgan fingerprint density at radius 1 is 1.11 bits per heavy atom. The number of nitrogens with zero attached hydrogens (tertiary/aromatic N) is 1. The molecule has 9 nitrogen and oxygen atoms in total. The van der Waals surface area contributed by atoms with E-state index in [4.69, 9.17) is 9.47 Å². The maximum absolute atomic E-state index is 13.2. The standard InChI is InChI=1S/C36H54N2O7/c1-22-18-29-28(14-11-17-38-15-8-9-16-38)31(40)21-30(34(29)42)37-36(43)24(3)13-10-12-23(2)35(45-27(6)39)26(5)20-25(4)33(41)32(19-22)44-7/h10,12-13,20-23,25,32-33,35,40-42H,8-9,11,14-19H2,1-7H3,(H,37,43)/b12-10-,24-13+,26-20+/t22-,23+,25+,32+,33-,35-/m1/s1. The first kappa shape index (κ1) is 36.3. The molecule has 2 heterocycles. The highest BCUT2D eigenvalue weighted by atomic mass is 16.5. The molecule has 0 aliphatic carbocycles. The fourth-order valence-electron chi connectivity index (χ4n) is 6.55. The molecule has 9 heteroatoms. The second-order valence-corrected chi connectivity index (χ2v) is 13.1. The van der Waals surface area contributed by atoms with Crippen molar-refractivity contribution in [3.05, 3.63) is 52.6 Å². The zero-order chi connectivity index (χ0) is 33.3. The van der Waals surface area contributed by atoms with Crippen LogP contribution < -0.4 is 5.32 Å². The van der Waals surface area contributed by atoms with Gasteiger partial charge in [0, 0.05) is 48.6 Å². The van der Waals surface area contributed by atoms with Gasteiger partial charge in [-0.25, -0.2) is 0 Å². The number of allylic oxidation sites excluding steroid dienone is 2. The molecule has 1 aromatic rings. The maximum atomic E-state index is 13.2. The summed E-state index contributed by atoms with van der Waals surface area (Å²) >= 11 is 0. The molecule has 0 aromatic heterocycles. The number of phenolic OH excluding ortho intramolecular Hbond substituents is 2. The summed E-state index contributed by atoms with van der Waals surface area (Å²) in [5.74, 6) is -1.39. The number of carbonyl (C=O) groups is 2. The number of anilines is 1. The fraction of sp³-hybridized carbons (Fsp3) is 0.611. The number of methoxy groups -OCH3 is 1. The van der Waals surface area contributed by atoms with Crippen LogP contribution in [0.3, 0.4) is 0 Å². The SMILES string of the molecule is CO[C@H]1C[C@H](C)Cc2c(O)c(cc(O)c2CCCN2CCCC2)NC(=O)/C(C)=C/C=C\[C@H](C)[C@@H](OC(C)=O)/C(C)=C/[C@H](C)[C@H]1O. The van der Waals surface area contributed by atoms with Crippen LogP contribution in [0.25, 0.3) is 0 Å². The predicted molar refractivity (Wildman–Crippen MR) is 177 cm³/mol. The summed E-state index contributed by atoms with van der Waals surface area (Å²) in [7, 11) is 1.58. The van der Waals surface area contributed by atoms with Gasteiger partial charge in [0.25, 0.3) is 5.91 Å². The molecule has 1 saturated heterocycles. The minimum absolute atomic E-state index is 0.0436. The van der Waals surface area contributed by atoms with Gasteiger partial charge in [-0.1, -0.05) is 45.1 Å². The number of rotatable bonds is 6. The van der Waals surface area contributed by atoms with E-state index in [1.165, 1.54) is 25.8 Å². The average molecular weight is 627 g/mol. The quantitative estimate of drug-likeness (QED) is 0.138. The molecule has 2 aliphatic heterocycles. The number of esters is 1. The number of hydrogen-bond donors (Lipinski definition) is 4. The third-order valence-corrected chi connectivity index (χ3v) is 9.12. The first-order valence-electron chi connectivity index (χ1n) is 16.3.